The van der Waals surface area contributed by atoms with Crippen LogP contribution in [0, 0.1) is 25.7 Å². The summed E-state index contributed by atoms with van der Waals surface area (Å²) in [6.07, 6.45) is 0.441. The summed E-state index contributed by atoms with van der Waals surface area (Å²) in [7, 11) is 0. The number of aryl methyl sites for hydroxylation is 2. The van der Waals surface area contributed by atoms with E-state index in [4.69, 9.17) is 9.52 Å². The van der Waals surface area contributed by atoms with Crippen LogP contribution in [0.1, 0.15) is 38.1 Å². The molecule has 5 heteroatoms. The lowest BCUT2D eigenvalue weighted by Gasteiger charge is -2.00. The van der Waals surface area contributed by atoms with Gasteiger partial charge in [-0.2, -0.15) is 0 Å². The number of aliphatic hydroxyl groups excluding tert-OH is 1. The number of carbonyl (C=O) groups excluding carboxylic acids is 1. The number of thiophene rings is 1. The molecule has 2 heterocycles. The van der Waals surface area contributed by atoms with Gasteiger partial charge in [-0.3, -0.25) is 4.79 Å². The number of hydrogen-bond acceptors (Lipinski definition) is 4. The molecular formula is C16H17NO3S. The first kappa shape index (κ1) is 15.4. The number of amides is 1. The molecule has 0 radical (unpaired) electrons. The lowest BCUT2D eigenvalue weighted by atomic mass is 10.2. The van der Waals surface area contributed by atoms with Crippen molar-refractivity contribution in [3.8, 4) is 11.8 Å². The molecule has 0 fully saturated rings. The minimum atomic E-state index is -0.132. The van der Waals surface area contributed by atoms with Crippen LogP contribution in [0.25, 0.3) is 0 Å². The first-order chi connectivity index (χ1) is 10.1. The Bertz CT molecular complexity index is 688. The molecule has 0 aliphatic carbocycles. The summed E-state index contributed by atoms with van der Waals surface area (Å²) in [5.74, 6) is 7.27. The van der Waals surface area contributed by atoms with Crippen molar-refractivity contribution in [1.29, 1.82) is 0 Å². The van der Waals surface area contributed by atoms with Gasteiger partial charge >= 0.3 is 0 Å². The summed E-state index contributed by atoms with van der Waals surface area (Å²) in [6.45, 7) is 4.21. The van der Waals surface area contributed by atoms with E-state index in [-0.39, 0.29) is 12.5 Å². The molecule has 2 rings (SSSR count). The van der Waals surface area contributed by atoms with Crippen LogP contribution in [-0.4, -0.2) is 17.6 Å². The molecule has 2 aromatic rings. The van der Waals surface area contributed by atoms with Gasteiger partial charge in [0.2, 0.25) is 0 Å². The topological polar surface area (TPSA) is 62.5 Å². The van der Waals surface area contributed by atoms with Crippen LogP contribution < -0.4 is 5.32 Å². The highest BCUT2D eigenvalue weighted by atomic mass is 32.1. The quantitative estimate of drug-likeness (QED) is 0.854. The molecule has 2 aromatic heterocycles. The van der Waals surface area contributed by atoms with E-state index < -0.39 is 0 Å². The molecule has 0 bridgehead atoms. The van der Waals surface area contributed by atoms with Gasteiger partial charge < -0.3 is 14.8 Å². The lowest BCUT2D eigenvalue weighted by molar-refractivity contribution is 0.0952. The van der Waals surface area contributed by atoms with Crippen LogP contribution in [0.2, 0.25) is 0 Å². The Morgan fingerprint density at radius 1 is 1.43 bits per heavy atom. The van der Waals surface area contributed by atoms with E-state index >= 15 is 0 Å². The Morgan fingerprint density at radius 2 is 2.24 bits per heavy atom. The van der Waals surface area contributed by atoms with Crippen molar-refractivity contribution in [2.75, 3.05) is 6.61 Å². The van der Waals surface area contributed by atoms with Gasteiger partial charge in [0.25, 0.3) is 5.91 Å². The van der Waals surface area contributed by atoms with Crippen LogP contribution in [0.15, 0.2) is 22.6 Å². The molecule has 0 unspecified atom stereocenters. The zero-order valence-electron chi connectivity index (χ0n) is 12.0. The third-order valence-electron chi connectivity index (χ3n) is 2.80. The van der Waals surface area contributed by atoms with Gasteiger partial charge in [-0.05, 0) is 37.6 Å². The van der Waals surface area contributed by atoms with Crippen molar-refractivity contribution in [3.63, 3.8) is 0 Å². The first-order valence-corrected chi connectivity index (χ1v) is 7.45. The predicted octanol–water partition coefficient (Wildman–Crippen LogP) is 2.62. The maximum Gasteiger partial charge on any atom is 0.261 e. The molecule has 0 spiro atoms. The predicted molar refractivity (Wildman–Crippen MR) is 82.3 cm³/mol. The maximum absolute atomic E-state index is 12.1. The Morgan fingerprint density at radius 3 is 2.90 bits per heavy atom. The van der Waals surface area contributed by atoms with E-state index in [9.17, 15) is 4.79 Å². The van der Waals surface area contributed by atoms with Gasteiger partial charge in [-0.25, -0.2) is 0 Å². The van der Waals surface area contributed by atoms with Crippen LogP contribution >= 0.6 is 11.3 Å². The number of nitrogens with one attached hydrogen (secondary N) is 1. The summed E-state index contributed by atoms with van der Waals surface area (Å²) in [5, 5.41) is 11.5. The number of aliphatic hydroxyl groups is 1. The number of furan rings is 1. The molecule has 4 nitrogen and oxygen atoms in total. The van der Waals surface area contributed by atoms with Gasteiger partial charge in [0, 0.05) is 6.42 Å². The highest BCUT2D eigenvalue weighted by molar-refractivity contribution is 7.14. The van der Waals surface area contributed by atoms with E-state index in [0.29, 0.717) is 17.8 Å². The normalized spacial score (nSPS) is 10.0. The van der Waals surface area contributed by atoms with Crippen LogP contribution in [-0.2, 0) is 6.54 Å². The zero-order valence-corrected chi connectivity index (χ0v) is 12.8. The molecule has 0 aliphatic rings. The molecule has 0 saturated carbocycles. The second kappa shape index (κ2) is 7.11. The van der Waals surface area contributed by atoms with Crippen LogP contribution in [0.4, 0.5) is 0 Å². The average molecular weight is 303 g/mol. The second-order valence-electron chi connectivity index (χ2n) is 4.59. The smallest absolute Gasteiger partial charge is 0.261 e. The maximum atomic E-state index is 12.1. The lowest BCUT2D eigenvalue weighted by Crippen LogP contribution is -2.21. The van der Waals surface area contributed by atoms with E-state index in [0.717, 1.165) is 22.0 Å². The molecule has 2 N–H and O–H groups in total. The molecular weight excluding hydrogens is 286 g/mol. The molecule has 21 heavy (non-hydrogen) atoms. The Kier molecular flexibility index (Phi) is 5.20. The fourth-order valence-electron chi connectivity index (χ4n) is 1.75. The SMILES string of the molecule is Cc1ccc(CNC(=O)c2cc(C)c(C#CCCO)s2)o1. The number of rotatable bonds is 4. The van der Waals surface area contributed by atoms with Gasteiger partial charge in [0.1, 0.15) is 11.5 Å². The molecule has 0 saturated heterocycles. The van der Waals surface area contributed by atoms with Crippen molar-refractivity contribution in [2.45, 2.75) is 26.8 Å². The average Bonchev–Trinajstić information content (AvgIpc) is 3.03. The van der Waals surface area contributed by atoms with E-state index in [2.05, 4.69) is 17.2 Å². The number of carbonyl (C=O) groups is 1. The Labute approximate surface area is 127 Å². The standard InChI is InChI=1S/C16H17NO3S/c1-11-9-15(21-14(11)5-3-4-8-18)16(19)17-10-13-7-6-12(2)20-13/h6-7,9,18H,4,8,10H2,1-2H3,(H,17,19). The fraction of sp³-hybridized carbons (Fsp3) is 0.312. The minimum Gasteiger partial charge on any atom is -0.465 e. The van der Waals surface area contributed by atoms with Gasteiger partial charge in [-0.15, -0.1) is 11.3 Å². The molecule has 0 aromatic carbocycles. The van der Waals surface area contributed by atoms with Crippen molar-refractivity contribution < 1.29 is 14.3 Å². The molecule has 110 valence electrons. The third kappa shape index (κ3) is 4.22. The largest absolute Gasteiger partial charge is 0.465 e. The molecule has 0 atom stereocenters. The minimum absolute atomic E-state index is 0.0489. The fourth-order valence-corrected chi connectivity index (χ4v) is 2.72. The highest BCUT2D eigenvalue weighted by Crippen LogP contribution is 2.21. The summed E-state index contributed by atoms with van der Waals surface area (Å²) in [4.78, 5) is 13.6. The number of hydrogen-bond donors (Lipinski definition) is 2. The van der Waals surface area contributed by atoms with Crippen LogP contribution in [0.5, 0.6) is 0 Å². The Hall–Kier alpha value is -2.03. The summed E-state index contributed by atoms with van der Waals surface area (Å²) < 4.78 is 5.41. The van der Waals surface area contributed by atoms with E-state index in [1.54, 1.807) is 0 Å². The van der Waals surface area contributed by atoms with Gasteiger partial charge in [0.05, 0.1) is 22.9 Å². The molecule has 0 aliphatic heterocycles. The second-order valence-corrected chi connectivity index (χ2v) is 5.65. The van der Waals surface area contributed by atoms with Gasteiger partial charge in [0.15, 0.2) is 0 Å². The molecule has 1 amide bonds. The highest BCUT2D eigenvalue weighted by Gasteiger charge is 2.11. The van der Waals surface area contributed by atoms with Crippen LogP contribution in [0.3, 0.4) is 0 Å². The van der Waals surface area contributed by atoms with Crippen molar-refractivity contribution in [2.24, 2.45) is 0 Å². The van der Waals surface area contributed by atoms with Crippen molar-refractivity contribution in [1.82, 2.24) is 5.32 Å². The van der Waals surface area contributed by atoms with E-state index in [1.165, 1.54) is 11.3 Å². The van der Waals surface area contributed by atoms with Gasteiger partial charge in [-0.1, -0.05) is 11.8 Å². The van der Waals surface area contributed by atoms with Crippen molar-refractivity contribution >= 4 is 17.2 Å². The monoisotopic (exact) mass is 303 g/mol. The summed E-state index contributed by atoms with van der Waals surface area (Å²) in [5.41, 5.74) is 0.976. The summed E-state index contributed by atoms with van der Waals surface area (Å²) >= 11 is 1.36. The van der Waals surface area contributed by atoms with E-state index in [1.807, 2.05) is 32.0 Å². The third-order valence-corrected chi connectivity index (χ3v) is 3.95. The summed E-state index contributed by atoms with van der Waals surface area (Å²) in [6, 6.07) is 5.54. The Balaban J connectivity index is 2.00. The van der Waals surface area contributed by atoms with Crippen molar-refractivity contribution in [3.05, 3.63) is 45.0 Å². The first-order valence-electron chi connectivity index (χ1n) is 6.64. The zero-order chi connectivity index (χ0) is 15.2.